The Morgan fingerprint density at radius 2 is 1.92 bits per heavy atom. The number of nitrogens with one attached hydrogen (secondary N) is 2. The number of aromatic carboxylic acids is 1. The molecule has 2 rings (SSSR count). The van der Waals surface area contributed by atoms with E-state index in [1.807, 2.05) is 26.0 Å². The molecular weight excluding hydrogens is 420 g/mol. The summed E-state index contributed by atoms with van der Waals surface area (Å²) in [6, 6.07) is 10.3. The van der Waals surface area contributed by atoms with E-state index in [9.17, 15) is 14.7 Å². The molecule has 0 unspecified atom stereocenters. The highest BCUT2D eigenvalue weighted by Crippen LogP contribution is 2.21. The van der Waals surface area contributed by atoms with E-state index >= 15 is 0 Å². The SMILES string of the molecule is Cc1ccc(OCC(=O)NC(=S)Nc2ccc(Br)cc2C(=O)O)c(C)c1. The van der Waals surface area contributed by atoms with Gasteiger partial charge in [0.1, 0.15) is 5.75 Å². The fraction of sp³-hybridized carbons (Fsp3) is 0.167. The van der Waals surface area contributed by atoms with Crippen LogP contribution in [0.2, 0.25) is 0 Å². The zero-order chi connectivity index (χ0) is 19.3. The summed E-state index contributed by atoms with van der Waals surface area (Å²) in [6.45, 7) is 3.66. The Kier molecular flexibility index (Phi) is 6.70. The van der Waals surface area contributed by atoms with Gasteiger partial charge in [-0.25, -0.2) is 4.79 Å². The molecule has 0 aliphatic rings. The maximum absolute atomic E-state index is 12.0. The van der Waals surface area contributed by atoms with Crippen LogP contribution in [0.4, 0.5) is 5.69 Å². The molecule has 26 heavy (non-hydrogen) atoms. The van der Waals surface area contributed by atoms with Crippen LogP contribution in [0.15, 0.2) is 40.9 Å². The van der Waals surface area contributed by atoms with Crippen LogP contribution in [-0.2, 0) is 4.79 Å². The number of carboxylic acid groups (broad SMARTS) is 1. The first kappa shape index (κ1) is 19.9. The standard InChI is InChI=1S/C18H17BrN2O4S/c1-10-3-6-15(11(2)7-10)25-9-16(22)21-18(26)20-14-5-4-12(19)8-13(14)17(23)24/h3-8H,9H2,1-2H3,(H,23,24)(H2,20,21,22,26). The van der Waals surface area contributed by atoms with Crippen molar-refractivity contribution in [1.29, 1.82) is 0 Å². The van der Waals surface area contributed by atoms with Crippen molar-refractivity contribution in [3.63, 3.8) is 0 Å². The third-order valence-electron chi connectivity index (χ3n) is 3.40. The van der Waals surface area contributed by atoms with Crippen LogP contribution in [-0.4, -0.2) is 28.7 Å². The number of amides is 1. The Bertz CT molecular complexity index is 870. The van der Waals surface area contributed by atoms with Crippen LogP contribution >= 0.6 is 28.1 Å². The molecule has 0 aromatic heterocycles. The summed E-state index contributed by atoms with van der Waals surface area (Å²) in [5.74, 6) is -0.941. The molecule has 8 heteroatoms. The summed E-state index contributed by atoms with van der Waals surface area (Å²) >= 11 is 8.28. The third kappa shape index (κ3) is 5.53. The van der Waals surface area contributed by atoms with Gasteiger partial charge in [0, 0.05) is 4.47 Å². The van der Waals surface area contributed by atoms with E-state index in [-0.39, 0.29) is 23.0 Å². The lowest BCUT2D eigenvalue weighted by molar-refractivity contribution is -0.121. The highest BCUT2D eigenvalue weighted by molar-refractivity contribution is 9.10. The van der Waals surface area contributed by atoms with Crippen LogP contribution < -0.4 is 15.4 Å². The predicted molar refractivity (Wildman–Crippen MR) is 107 cm³/mol. The molecule has 2 aromatic rings. The van der Waals surface area contributed by atoms with Gasteiger partial charge >= 0.3 is 5.97 Å². The van der Waals surface area contributed by atoms with Crippen LogP contribution in [0.1, 0.15) is 21.5 Å². The Hall–Kier alpha value is -2.45. The molecule has 0 aliphatic carbocycles. The molecule has 136 valence electrons. The molecule has 0 saturated carbocycles. The number of aryl methyl sites for hydroxylation is 2. The van der Waals surface area contributed by atoms with Gasteiger partial charge in [0.2, 0.25) is 0 Å². The minimum Gasteiger partial charge on any atom is -0.483 e. The average molecular weight is 437 g/mol. The maximum atomic E-state index is 12.0. The monoisotopic (exact) mass is 436 g/mol. The summed E-state index contributed by atoms with van der Waals surface area (Å²) in [5, 5.41) is 14.4. The normalized spacial score (nSPS) is 10.1. The number of ether oxygens (including phenoxy) is 1. The summed E-state index contributed by atoms with van der Waals surface area (Å²) in [4.78, 5) is 23.3. The summed E-state index contributed by atoms with van der Waals surface area (Å²) < 4.78 is 6.11. The molecular formula is C18H17BrN2O4S. The fourth-order valence-corrected chi connectivity index (χ4v) is 2.81. The van der Waals surface area contributed by atoms with Gasteiger partial charge < -0.3 is 15.2 Å². The number of hydrogen-bond acceptors (Lipinski definition) is 4. The summed E-state index contributed by atoms with van der Waals surface area (Å²) in [5.41, 5.74) is 2.34. The van der Waals surface area contributed by atoms with E-state index in [2.05, 4.69) is 26.6 Å². The van der Waals surface area contributed by atoms with Crippen LogP contribution in [0.25, 0.3) is 0 Å². The quantitative estimate of drug-likeness (QED) is 0.619. The van der Waals surface area contributed by atoms with Crippen molar-refractivity contribution in [2.75, 3.05) is 11.9 Å². The first-order valence-corrected chi connectivity index (χ1v) is 8.80. The Morgan fingerprint density at radius 1 is 1.19 bits per heavy atom. The van der Waals surface area contributed by atoms with Gasteiger partial charge in [-0.05, 0) is 55.9 Å². The van der Waals surface area contributed by atoms with Gasteiger partial charge in [-0.15, -0.1) is 0 Å². The van der Waals surface area contributed by atoms with E-state index in [1.54, 1.807) is 18.2 Å². The van der Waals surface area contributed by atoms with Gasteiger partial charge in [-0.1, -0.05) is 33.6 Å². The zero-order valence-corrected chi connectivity index (χ0v) is 16.5. The number of rotatable bonds is 5. The van der Waals surface area contributed by atoms with Gasteiger partial charge in [0.05, 0.1) is 11.3 Å². The van der Waals surface area contributed by atoms with E-state index in [4.69, 9.17) is 17.0 Å². The van der Waals surface area contributed by atoms with Crippen LogP contribution in [0.3, 0.4) is 0 Å². The largest absolute Gasteiger partial charge is 0.483 e. The first-order chi connectivity index (χ1) is 12.3. The number of anilines is 1. The fourth-order valence-electron chi connectivity index (χ4n) is 2.22. The second-order valence-electron chi connectivity index (χ2n) is 5.55. The first-order valence-electron chi connectivity index (χ1n) is 7.60. The van der Waals surface area contributed by atoms with E-state index in [0.717, 1.165) is 11.1 Å². The lowest BCUT2D eigenvalue weighted by atomic mass is 10.1. The Morgan fingerprint density at radius 3 is 2.58 bits per heavy atom. The number of benzene rings is 2. The lowest BCUT2D eigenvalue weighted by Gasteiger charge is -2.13. The van der Waals surface area contributed by atoms with Crippen molar-refractivity contribution < 1.29 is 19.4 Å². The van der Waals surface area contributed by atoms with E-state index < -0.39 is 11.9 Å². The van der Waals surface area contributed by atoms with Crippen molar-refractivity contribution in [1.82, 2.24) is 5.32 Å². The molecule has 0 fully saturated rings. The molecule has 0 heterocycles. The summed E-state index contributed by atoms with van der Waals surface area (Å²) in [7, 11) is 0. The highest BCUT2D eigenvalue weighted by Gasteiger charge is 2.13. The molecule has 6 nitrogen and oxygen atoms in total. The zero-order valence-electron chi connectivity index (χ0n) is 14.1. The molecule has 0 spiro atoms. The number of thiocarbonyl (C=S) groups is 1. The third-order valence-corrected chi connectivity index (χ3v) is 4.10. The van der Waals surface area contributed by atoms with Crippen LogP contribution in [0, 0.1) is 13.8 Å². The van der Waals surface area contributed by atoms with Gasteiger partial charge in [-0.2, -0.15) is 0 Å². The van der Waals surface area contributed by atoms with Gasteiger partial charge in [0.25, 0.3) is 5.91 Å². The molecule has 0 aliphatic heterocycles. The Labute approximate surface area is 164 Å². The number of carbonyl (C=O) groups is 2. The van der Waals surface area contributed by atoms with Crippen molar-refractivity contribution in [2.45, 2.75) is 13.8 Å². The van der Waals surface area contributed by atoms with E-state index in [1.165, 1.54) is 6.07 Å². The number of hydrogen-bond donors (Lipinski definition) is 3. The molecule has 2 aromatic carbocycles. The molecule has 0 saturated heterocycles. The minimum atomic E-state index is -1.11. The number of halogens is 1. The molecule has 0 atom stereocenters. The van der Waals surface area contributed by atoms with Crippen molar-refractivity contribution >= 4 is 50.8 Å². The Balaban J connectivity index is 1.93. The number of carbonyl (C=O) groups excluding carboxylic acids is 1. The van der Waals surface area contributed by atoms with Crippen molar-refractivity contribution in [3.05, 3.63) is 57.6 Å². The molecule has 1 amide bonds. The van der Waals surface area contributed by atoms with Gasteiger partial charge in [0.15, 0.2) is 11.7 Å². The summed E-state index contributed by atoms with van der Waals surface area (Å²) in [6.07, 6.45) is 0. The van der Waals surface area contributed by atoms with Crippen molar-refractivity contribution in [3.8, 4) is 5.75 Å². The van der Waals surface area contributed by atoms with Crippen molar-refractivity contribution in [2.24, 2.45) is 0 Å². The highest BCUT2D eigenvalue weighted by atomic mass is 79.9. The van der Waals surface area contributed by atoms with Crippen LogP contribution in [0.5, 0.6) is 5.75 Å². The smallest absolute Gasteiger partial charge is 0.337 e. The maximum Gasteiger partial charge on any atom is 0.337 e. The van der Waals surface area contributed by atoms with Gasteiger partial charge in [-0.3, -0.25) is 10.1 Å². The predicted octanol–water partition coefficient (Wildman–Crippen LogP) is 3.66. The molecule has 0 bridgehead atoms. The molecule has 3 N–H and O–H groups in total. The second kappa shape index (κ2) is 8.77. The molecule has 0 radical (unpaired) electrons. The average Bonchev–Trinajstić information content (AvgIpc) is 2.55. The minimum absolute atomic E-state index is 0.0101. The lowest BCUT2D eigenvalue weighted by Crippen LogP contribution is -2.37. The topological polar surface area (TPSA) is 87.7 Å². The second-order valence-corrected chi connectivity index (χ2v) is 6.88. The van der Waals surface area contributed by atoms with E-state index in [0.29, 0.717) is 10.2 Å². The number of carboxylic acids is 1.